The molecule has 2 atom stereocenters. The first-order chi connectivity index (χ1) is 5.27. The molecule has 1 aliphatic rings. The summed E-state index contributed by atoms with van der Waals surface area (Å²) in [6.45, 7) is 4.77. The molecule has 3 nitrogen and oxygen atoms in total. The first-order valence-electron chi connectivity index (χ1n) is 4.10. The van der Waals surface area contributed by atoms with Crippen molar-refractivity contribution in [3.63, 3.8) is 0 Å². The van der Waals surface area contributed by atoms with E-state index in [1.165, 1.54) is 0 Å². The molecule has 11 heavy (non-hydrogen) atoms. The van der Waals surface area contributed by atoms with Gasteiger partial charge in [0.05, 0.1) is 12.2 Å². The predicted octanol–water partition coefficient (Wildman–Crippen LogP) is 0.352. The molecule has 1 rings (SSSR count). The zero-order valence-electron chi connectivity index (χ0n) is 7.54. The van der Waals surface area contributed by atoms with Gasteiger partial charge in [0.15, 0.2) is 0 Å². The van der Waals surface area contributed by atoms with Crippen molar-refractivity contribution in [3.05, 3.63) is 0 Å². The molecule has 66 valence electrons. The van der Waals surface area contributed by atoms with Crippen molar-refractivity contribution < 1.29 is 9.47 Å². The minimum absolute atomic E-state index is 0.264. The van der Waals surface area contributed by atoms with Crippen LogP contribution in [0.3, 0.4) is 0 Å². The highest BCUT2D eigenvalue weighted by molar-refractivity contribution is 4.83. The molecule has 1 heterocycles. The number of ether oxygens (including phenoxy) is 2. The third kappa shape index (κ3) is 2.15. The number of rotatable bonds is 3. The Labute approximate surface area is 68.3 Å². The lowest BCUT2D eigenvalue weighted by molar-refractivity contribution is -0.0233. The standard InChI is InChI=1S/C8H17NO2/c1-4-11-8-6-9(2)5-7(8)10-3/h7-8H,4-6H2,1-3H3. The van der Waals surface area contributed by atoms with Crippen LogP contribution in [0, 0.1) is 0 Å². The molecule has 1 aliphatic heterocycles. The molecule has 0 N–H and O–H groups in total. The van der Waals surface area contributed by atoms with Gasteiger partial charge in [0.25, 0.3) is 0 Å². The van der Waals surface area contributed by atoms with Crippen LogP contribution in [0.1, 0.15) is 6.92 Å². The Bertz CT molecular complexity index is 119. The number of nitrogens with zero attached hydrogens (tertiary/aromatic N) is 1. The Morgan fingerprint density at radius 1 is 1.36 bits per heavy atom. The second-order valence-corrected chi connectivity index (χ2v) is 2.99. The third-order valence-electron chi connectivity index (χ3n) is 2.08. The summed E-state index contributed by atoms with van der Waals surface area (Å²) in [4.78, 5) is 2.23. The fourth-order valence-corrected chi connectivity index (χ4v) is 1.52. The van der Waals surface area contributed by atoms with Gasteiger partial charge in [0.1, 0.15) is 0 Å². The Morgan fingerprint density at radius 2 is 2.00 bits per heavy atom. The van der Waals surface area contributed by atoms with Crippen molar-refractivity contribution in [2.24, 2.45) is 0 Å². The Hall–Kier alpha value is -0.120. The summed E-state index contributed by atoms with van der Waals surface area (Å²) in [6, 6.07) is 0. The van der Waals surface area contributed by atoms with E-state index in [2.05, 4.69) is 11.9 Å². The molecule has 3 heteroatoms. The van der Waals surface area contributed by atoms with Crippen LogP contribution in [0.25, 0.3) is 0 Å². The van der Waals surface area contributed by atoms with Crippen LogP contribution in [0.2, 0.25) is 0 Å². The summed E-state index contributed by atoms with van der Waals surface area (Å²) in [5, 5.41) is 0. The average molecular weight is 159 g/mol. The van der Waals surface area contributed by atoms with Gasteiger partial charge in [-0.1, -0.05) is 0 Å². The van der Waals surface area contributed by atoms with Crippen molar-refractivity contribution in [2.45, 2.75) is 19.1 Å². The molecule has 0 radical (unpaired) electrons. The lowest BCUT2D eigenvalue weighted by Crippen LogP contribution is -2.28. The first-order valence-corrected chi connectivity index (χ1v) is 4.10. The highest BCUT2D eigenvalue weighted by Crippen LogP contribution is 2.13. The fraction of sp³-hybridized carbons (Fsp3) is 1.00. The monoisotopic (exact) mass is 159 g/mol. The molecule has 1 saturated heterocycles. The van der Waals surface area contributed by atoms with E-state index >= 15 is 0 Å². The van der Waals surface area contributed by atoms with Crippen LogP contribution in [0.4, 0.5) is 0 Å². The van der Waals surface area contributed by atoms with E-state index in [4.69, 9.17) is 9.47 Å². The van der Waals surface area contributed by atoms with Gasteiger partial charge in [-0.25, -0.2) is 0 Å². The number of hydrogen-bond acceptors (Lipinski definition) is 3. The van der Waals surface area contributed by atoms with E-state index in [0.29, 0.717) is 0 Å². The second kappa shape index (κ2) is 4.04. The lowest BCUT2D eigenvalue weighted by atomic mass is 10.2. The average Bonchev–Trinajstić information content (AvgIpc) is 2.32. The zero-order chi connectivity index (χ0) is 8.27. The minimum atomic E-state index is 0.264. The van der Waals surface area contributed by atoms with Gasteiger partial charge in [0, 0.05) is 26.8 Å². The highest BCUT2D eigenvalue weighted by Gasteiger charge is 2.30. The Morgan fingerprint density at radius 3 is 2.55 bits per heavy atom. The summed E-state index contributed by atoms with van der Waals surface area (Å²) in [6.07, 6.45) is 0.537. The fourth-order valence-electron chi connectivity index (χ4n) is 1.52. The second-order valence-electron chi connectivity index (χ2n) is 2.99. The van der Waals surface area contributed by atoms with E-state index in [1.54, 1.807) is 7.11 Å². The zero-order valence-corrected chi connectivity index (χ0v) is 7.54. The van der Waals surface area contributed by atoms with Crippen LogP contribution in [0.5, 0.6) is 0 Å². The van der Waals surface area contributed by atoms with Crippen LogP contribution in [-0.4, -0.2) is 51.0 Å². The smallest absolute Gasteiger partial charge is 0.0975 e. The summed E-state index contributed by atoms with van der Waals surface area (Å²) >= 11 is 0. The summed E-state index contributed by atoms with van der Waals surface area (Å²) in [5.41, 5.74) is 0. The van der Waals surface area contributed by atoms with Crippen molar-refractivity contribution in [1.29, 1.82) is 0 Å². The molecule has 0 aromatic carbocycles. The molecule has 1 fully saturated rings. The van der Waals surface area contributed by atoms with Crippen LogP contribution < -0.4 is 0 Å². The van der Waals surface area contributed by atoms with Crippen LogP contribution in [0.15, 0.2) is 0 Å². The van der Waals surface area contributed by atoms with E-state index in [0.717, 1.165) is 19.7 Å². The largest absolute Gasteiger partial charge is 0.377 e. The van der Waals surface area contributed by atoms with Gasteiger partial charge in [-0.15, -0.1) is 0 Å². The van der Waals surface area contributed by atoms with Gasteiger partial charge in [-0.2, -0.15) is 0 Å². The van der Waals surface area contributed by atoms with Crippen molar-refractivity contribution >= 4 is 0 Å². The quantitative estimate of drug-likeness (QED) is 0.593. The van der Waals surface area contributed by atoms with E-state index in [1.807, 2.05) is 6.92 Å². The van der Waals surface area contributed by atoms with Gasteiger partial charge in [-0.3, -0.25) is 0 Å². The van der Waals surface area contributed by atoms with Crippen LogP contribution in [-0.2, 0) is 9.47 Å². The molecule has 0 aliphatic carbocycles. The SMILES string of the molecule is CCOC1CN(C)CC1OC. The number of likely N-dealkylation sites (tertiary alicyclic amines) is 1. The number of methoxy groups -OCH3 is 1. The number of likely N-dealkylation sites (N-methyl/N-ethyl adjacent to an activating group) is 1. The van der Waals surface area contributed by atoms with Gasteiger partial charge in [0.2, 0.25) is 0 Å². The molecule has 0 saturated carbocycles. The molecule has 0 spiro atoms. The third-order valence-corrected chi connectivity index (χ3v) is 2.08. The first kappa shape index (κ1) is 8.97. The molecule has 2 unspecified atom stereocenters. The summed E-state index contributed by atoms with van der Waals surface area (Å²) in [5.74, 6) is 0. The predicted molar refractivity (Wildman–Crippen MR) is 43.7 cm³/mol. The minimum Gasteiger partial charge on any atom is -0.377 e. The normalized spacial score (nSPS) is 33.0. The maximum atomic E-state index is 5.51. The van der Waals surface area contributed by atoms with Crippen molar-refractivity contribution in [2.75, 3.05) is 33.9 Å². The maximum Gasteiger partial charge on any atom is 0.0975 e. The Balaban J connectivity index is 2.37. The molecular weight excluding hydrogens is 142 g/mol. The maximum absolute atomic E-state index is 5.51. The highest BCUT2D eigenvalue weighted by atomic mass is 16.5. The van der Waals surface area contributed by atoms with Crippen molar-refractivity contribution in [1.82, 2.24) is 4.90 Å². The van der Waals surface area contributed by atoms with Gasteiger partial charge >= 0.3 is 0 Å². The molecular formula is C8H17NO2. The number of hydrogen-bond donors (Lipinski definition) is 0. The molecule has 0 aromatic rings. The Kier molecular flexibility index (Phi) is 3.30. The summed E-state index contributed by atoms with van der Waals surface area (Å²) in [7, 11) is 3.83. The lowest BCUT2D eigenvalue weighted by Gasteiger charge is -2.15. The molecule has 0 bridgehead atoms. The van der Waals surface area contributed by atoms with E-state index in [9.17, 15) is 0 Å². The van der Waals surface area contributed by atoms with Crippen molar-refractivity contribution in [3.8, 4) is 0 Å². The molecule has 0 amide bonds. The van der Waals surface area contributed by atoms with E-state index in [-0.39, 0.29) is 12.2 Å². The van der Waals surface area contributed by atoms with Crippen LogP contribution >= 0.6 is 0 Å². The van der Waals surface area contributed by atoms with Gasteiger partial charge in [-0.05, 0) is 14.0 Å². The topological polar surface area (TPSA) is 21.7 Å². The van der Waals surface area contributed by atoms with Gasteiger partial charge < -0.3 is 14.4 Å². The summed E-state index contributed by atoms with van der Waals surface area (Å²) < 4.78 is 10.8. The molecule has 0 aromatic heterocycles. The van der Waals surface area contributed by atoms with E-state index < -0.39 is 0 Å².